The minimum atomic E-state index is -2.47. The molecule has 0 aromatic rings. The molecular weight excluding hydrogens is 194 g/mol. The van der Waals surface area contributed by atoms with Crippen LogP contribution < -0.4 is 0 Å². The highest BCUT2D eigenvalue weighted by Crippen LogP contribution is 2.13. The maximum Gasteiger partial charge on any atom is 0.263 e. The predicted octanol–water partition coefficient (Wildman–Crippen LogP) is 5.38. The van der Waals surface area contributed by atoms with E-state index in [0.29, 0.717) is 0 Å². The van der Waals surface area contributed by atoms with Gasteiger partial charge in [-0.15, -0.1) is 0 Å². The largest absolute Gasteiger partial charge is 0.263 e. The second kappa shape index (κ2) is 13.1. The van der Waals surface area contributed by atoms with Crippen LogP contribution in [0.25, 0.3) is 0 Å². The Bertz CT molecular complexity index is 201. The van der Waals surface area contributed by atoms with E-state index in [-0.39, 0.29) is 5.57 Å². The molecule has 0 bridgehead atoms. The number of hydrogen-bond donors (Lipinski definition) is 0. The molecule has 0 saturated carbocycles. The molecular formula is C13H24F2. The molecule has 0 N–H and O–H groups in total. The smallest absolute Gasteiger partial charge is 0.205 e. The first-order valence-electron chi connectivity index (χ1n) is 5.26. The van der Waals surface area contributed by atoms with Crippen molar-refractivity contribution in [2.24, 2.45) is 0 Å². The number of rotatable bonds is 3. The Morgan fingerprint density at radius 2 is 1.33 bits per heavy atom. The predicted molar refractivity (Wildman–Crippen MR) is 66.4 cm³/mol. The lowest BCUT2D eigenvalue weighted by atomic mass is 10.1. The summed E-state index contributed by atoms with van der Waals surface area (Å²) in [5, 5.41) is 0. The van der Waals surface area contributed by atoms with E-state index in [1.54, 1.807) is 13.8 Å². The fourth-order valence-electron chi connectivity index (χ4n) is 0.464. The van der Waals surface area contributed by atoms with Gasteiger partial charge in [0.25, 0.3) is 6.43 Å². The van der Waals surface area contributed by atoms with Gasteiger partial charge in [-0.05, 0) is 19.4 Å². The van der Waals surface area contributed by atoms with Gasteiger partial charge >= 0.3 is 0 Å². The van der Waals surface area contributed by atoms with Crippen LogP contribution >= 0.6 is 0 Å². The number of allylic oxidation sites excluding steroid dienone is 4. The van der Waals surface area contributed by atoms with Crippen molar-refractivity contribution in [3.05, 3.63) is 36.0 Å². The number of hydrogen-bond acceptors (Lipinski definition) is 0. The summed E-state index contributed by atoms with van der Waals surface area (Å²) in [5.41, 5.74) is 1.37. The lowest BCUT2D eigenvalue weighted by Crippen LogP contribution is -1.92. The molecule has 0 rings (SSSR count). The molecule has 0 aromatic carbocycles. The van der Waals surface area contributed by atoms with E-state index in [9.17, 15) is 8.78 Å². The van der Waals surface area contributed by atoms with E-state index in [2.05, 4.69) is 13.2 Å². The zero-order valence-electron chi connectivity index (χ0n) is 10.8. The lowest BCUT2D eigenvalue weighted by molar-refractivity contribution is 0.194. The Morgan fingerprint density at radius 1 is 1.00 bits per heavy atom. The van der Waals surface area contributed by atoms with Crippen molar-refractivity contribution in [2.75, 3.05) is 0 Å². The first-order valence-corrected chi connectivity index (χ1v) is 5.26. The maximum absolute atomic E-state index is 11.9. The Hall–Kier alpha value is -0.920. The zero-order chi connectivity index (χ0) is 13.0. The second-order valence-electron chi connectivity index (χ2n) is 2.48. The summed E-state index contributed by atoms with van der Waals surface area (Å²) in [6, 6.07) is 0. The highest BCUT2D eigenvalue weighted by molar-refractivity contribution is 5.32. The first kappa shape index (κ1) is 19.6. The van der Waals surface area contributed by atoms with Gasteiger partial charge in [0, 0.05) is 5.57 Å². The molecule has 0 aliphatic carbocycles. The van der Waals surface area contributed by atoms with Crippen molar-refractivity contribution in [1.82, 2.24) is 0 Å². The SMILES string of the molecule is C=C(C)/C(C)=C\C(=C)C(F)F.CC.CC. The molecule has 0 unspecified atom stereocenters. The van der Waals surface area contributed by atoms with E-state index in [4.69, 9.17) is 0 Å². The highest BCUT2D eigenvalue weighted by Gasteiger charge is 2.04. The summed E-state index contributed by atoms with van der Waals surface area (Å²) >= 11 is 0. The van der Waals surface area contributed by atoms with Crippen LogP contribution in [0.15, 0.2) is 36.0 Å². The summed E-state index contributed by atoms with van der Waals surface area (Å²) in [4.78, 5) is 0. The van der Waals surface area contributed by atoms with Crippen LogP contribution in [0.1, 0.15) is 41.5 Å². The van der Waals surface area contributed by atoms with Gasteiger partial charge < -0.3 is 0 Å². The van der Waals surface area contributed by atoms with E-state index < -0.39 is 6.43 Å². The van der Waals surface area contributed by atoms with Gasteiger partial charge in [0.2, 0.25) is 0 Å². The Morgan fingerprint density at radius 3 is 1.53 bits per heavy atom. The summed E-state index contributed by atoms with van der Waals surface area (Å²) in [7, 11) is 0. The van der Waals surface area contributed by atoms with Crippen molar-refractivity contribution in [3.8, 4) is 0 Å². The molecule has 0 fully saturated rings. The van der Waals surface area contributed by atoms with Crippen LogP contribution in [0.4, 0.5) is 8.78 Å². The molecule has 0 heterocycles. The molecule has 0 nitrogen and oxygen atoms in total. The van der Waals surface area contributed by atoms with Crippen LogP contribution in [0.5, 0.6) is 0 Å². The molecule has 0 aromatic heterocycles. The molecule has 15 heavy (non-hydrogen) atoms. The lowest BCUT2D eigenvalue weighted by Gasteiger charge is -2.00. The summed E-state index contributed by atoms with van der Waals surface area (Å²) in [5.74, 6) is 0. The minimum absolute atomic E-state index is 0.162. The highest BCUT2D eigenvalue weighted by atomic mass is 19.3. The fourth-order valence-corrected chi connectivity index (χ4v) is 0.464. The number of alkyl halides is 2. The number of halogens is 2. The first-order chi connectivity index (χ1) is 6.95. The monoisotopic (exact) mass is 218 g/mol. The Balaban J connectivity index is -0.000000318. The summed E-state index contributed by atoms with van der Waals surface area (Å²) in [6.07, 6.45) is -1.11. The van der Waals surface area contributed by atoms with Crippen LogP contribution in [-0.4, -0.2) is 6.43 Å². The van der Waals surface area contributed by atoms with Gasteiger partial charge in [-0.1, -0.05) is 52.5 Å². The molecule has 0 atom stereocenters. The van der Waals surface area contributed by atoms with Crippen molar-refractivity contribution in [1.29, 1.82) is 0 Å². The average molecular weight is 218 g/mol. The molecule has 2 heteroatoms. The molecule has 0 saturated heterocycles. The fraction of sp³-hybridized carbons (Fsp3) is 0.538. The molecule has 0 aliphatic heterocycles. The molecule has 0 spiro atoms. The van der Waals surface area contributed by atoms with Crippen LogP contribution in [0, 0.1) is 0 Å². The minimum Gasteiger partial charge on any atom is -0.205 e. The summed E-state index contributed by atoms with van der Waals surface area (Å²) in [6.45, 7) is 18.3. The summed E-state index contributed by atoms with van der Waals surface area (Å²) < 4.78 is 23.8. The van der Waals surface area contributed by atoms with Crippen molar-refractivity contribution >= 4 is 0 Å². The van der Waals surface area contributed by atoms with Crippen LogP contribution in [0.2, 0.25) is 0 Å². The van der Waals surface area contributed by atoms with Gasteiger partial charge in [0.05, 0.1) is 0 Å². The van der Waals surface area contributed by atoms with Gasteiger partial charge in [-0.25, -0.2) is 8.78 Å². The van der Waals surface area contributed by atoms with Gasteiger partial charge in [0.1, 0.15) is 0 Å². The maximum atomic E-state index is 11.9. The Kier molecular flexibility index (Phi) is 17.1. The molecule has 0 aliphatic rings. The second-order valence-corrected chi connectivity index (χ2v) is 2.48. The van der Waals surface area contributed by atoms with Crippen molar-refractivity contribution < 1.29 is 8.78 Å². The third-order valence-electron chi connectivity index (χ3n) is 1.36. The van der Waals surface area contributed by atoms with E-state index >= 15 is 0 Å². The van der Waals surface area contributed by atoms with Crippen LogP contribution in [-0.2, 0) is 0 Å². The standard InChI is InChI=1S/C9H12F2.2C2H6/c1-6(2)7(3)5-8(4)9(10)11;2*1-2/h5,9H,1,4H2,2-3H3;2*1-2H3/b7-5-;;. The van der Waals surface area contributed by atoms with E-state index in [1.165, 1.54) is 6.08 Å². The normalized spacial score (nSPS) is 9.53. The van der Waals surface area contributed by atoms with Gasteiger partial charge in [-0.3, -0.25) is 0 Å². The third kappa shape index (κ3) is 13.1. The molecule has 90 valence electrons. The average Bonchev–Trinajstić information content (AvgIpc) is 2.23. The topological polar surface area (TPSA) is 0 Å². The Labute approximate surface area is 93.4 Å². The molecule has 0 amide bonds. The zero-order valence-corrected chi connectivity index (χ0v) is 10.8. The van der Waals surface area contributed by atoms with Crippen molar-refractivity contribution in [3.63, 3.8) is 0 Å². The van der Waals surface area contributed by atoms with Gasteiger partial charge in [-0.2, -0.15) is 0 Å². The van der Waals surface area contributed by atoms with E-state index in [0.717, 1.165) is 11.1 Å². The van der Waals surface area contributed by atoms with Crippen molar-refractivity contribution in [2.45, 2.75) is 48.0 Å². The van der Waals surface area contributed by atoms with Crippen LogP contribution in [0.3, 0.4) is 0 Å². The van der Waals surface area contributed by atoms with E-state index in [1.807, 2.05) is 27.7 Å². The molecule has 0 radical (unpaired) electrons. The third-order valence-corrected chi connectivity index (χ3v) is 1.36. The van der Waals surface area contributed by atoms with Gasteiger partial charge in [0.15, 0.2) is 0 Å². The quantitative estimate of drug-likeness (QED) is 0.558.